The maximum atomic E-state index is 13.2. The number of carbonyl (C=O) groups is 2. The van der Waals surface area contributed by atoms with Crippen LogP contribution >= 0.6 is 0 Å². The molecule has 2 atom stereocenters. The zero-order chi connectivity index (χ0) is 26.3. The molecule has 2 aromatic carbocycles. The number of nitrogens with two attached hydrogens (primary N) is 3. The number of H-pyrrole nitrogens is 1. The lowest BCUT2D eigenvalue weighted by Crippen LogP contribution is -2.51. The highest BCUT2D eigenvalue weighted by Crippen LogP contribution is 2.29. The number of anilines is 1. The number of aromatic nitrogens is 1. The maximum absolute atomic E-state index is 13.2. The molecule has 0 saturated carbocycles. The molecule has 36 heavy (non-hydrogen) atoms. The van der Waals surface area contributed by atoms with Crippen LogP contribution in [0.3, 0.4) is 0 Å². The van der Waals surface area contributed by atoms with Crippen molar-refractivity contribution in [1.29, 1.82) is 0 Å². The number of para-hydroxylation sites is 1. The van der Waals surface area contributed by atoms with E-state index in [1.165, 1.54) is 12.1 Å². The van der Waals surface area contributed by atoms with Gasteiger partial charge in [-0.15, -0.1) is 0 Å². The first-order chi connectivity index (χ1) is 17.1. The van der Waals surface area contributed by atoms with Crippen LogP contribution < -0.4 is 32.8 Å². The summed E-state index contributed by atoms with van der Waals surface area (Å²) in [7, 11) is 0. The number of halogens is 3. The van der Waals surface area contributed by atoms with Gasteiger partial charge in [0.2, 0.25) is 17.3 Å². The molecule has 0 unspecified atom stereocenters. The van der Waals surface area contributed by atoms with E-state index in [2.05, 4.69) is 15.6 Å². The molecule has 2 amide bonds. The molecule has 0 bridgehead atoms. The second-order valence-electron chi connectivity index (χ2n) is 8.60. The summed E-state index contributed by atoms with van der Waals surface area (Å²) in [4.78, 5) is 29.0. The fourth-order valence-electron chi connectivity index (χ4n) is 3.73. The number of rotatable bonds is 10. The summed E-state index contributed by atoms with van der Waals surface area (Å²) < 4.78 is 38.8. The molecule has 11 heteroatoms. The summed E-state index contributed by atoms with van der Waals surface area (Å²) in [5.41, 5.74) is 18.2. The van der Waals surface area contributed by atoms with E-state index in [9.17, 15) is 22.8 Å². The van der Waals surface area contributed by atoms with Crippen molar-refractivity contribution < 1.29 is 27.7 Å². The largest absolute Gasteiger partial charge is 0.416 e. The van der Waals surface area contributed by atoms with E-state index in [-0.39, 0.29) is 31.8 Å². The normalized spacial score (nSPS) is 13.4. The van der Waals surface area contributed by atoms with E-state index in [1.54, 1.807) is 12.3 Å². The molecule has 3 rings (SSSR count). The SMILES string of the molecule is NCC(CN)C[C@H](N)C(=O)N[C@H](Cc1ccc(C(F)(F)F)cc1)C(=O)Nc1c[nH+]c2ccccc2c1. The van der Waals surface area contributed by atoms with Crippen LogP contribution in [0.1, 0.15) is 17.5 Å². The Morgan fingerprint density at radius 2 is 1.64 bits per heavy atom. The standard InChI is InChI=1S/C25H29F3N6O2/c26-25(27,28)18-7-5-15(6-8-18)10-22(34-23(35)20(31)9-16(12-29)13-30)24(36)33-19-11-17-3-1-2-4-21(17)32-14-19/h1-8,11,14,16,20,22H,9-10,12-13,29-31H2,(H,33,36)(H,34,35)/p+1/t20-,22+/m0/s1. The number of carbonyl (C=O) groups excluding carboxylic acids is 2. The third-order valence-corrected chi connectivity index (χ3v) is 5.87. The topological polar surface area (TPSA) is 150 Å². The first kappa shape index (κ1) is 27.1. The van der Waals surface area contributed by atoms with Gasteiger partial charge in [0, 0.05) is 17.9 Å². The minimum Gasteiger partial charge on any atom is -0.343 e. The van der Waals surface area contributed by atoms with Crippen LogP contribution in [-0.4, -0.2) is 37.0 Å². The summed E-state index contributed by atoms with van der Waals surface area (Å²) in [6.45, 7) is 0.511. The molecule has 9 N–H and O–H groups in total. The van der Waals surface area contributed by atoms with Gasteiger partial charge >= 0.3 is 6.18 Å². The van der Waals surface area contributed by atoms with Crippen molar-refractivity contribution in [3.8, 4) is 0 Å². The Hall–Kier alpha value is -3.54. The summed E-state index contributed by atoms with van der Waals surface area (Å²) in [6.07, 6.45) is -2.69. The molecule has 8 nitrogen and oxygen atoms in total. The van der Waals surface area contributed by atoms with E-state index >= 15 is 0 Å². The second kappa shape index (κ2) is 11.9. The number of pyridine rings is 1. The van der Waals surface area contributed by atoms with Gasteiger partial charge in [-0.2, -0.15) is 13.2 Å². The van der Waals surface area contributed by atoms with Crippen molar-refractivity contribution in [2.45, 2.75) is 31.1 Å². The number of alkyl halides is 3. The molecule has 0 spiro atoms. The lowest BCUT2D eigenvalue weighted by Gasteiger charge is -2.22. The first-order valence-electron chi connectivity index (χ1n) is 11.4. The first-order valence-corrected chi connectivity index (χ1v) is 11.4. The molecule has 192 valence electrons. The third-order valence-electron chi connectivity index (χ3n) is 5.87. The van der Waals surface area contributed by atoms with Crippen LogP contribution in [0.5, 0.6) is 0 Å². The number of nitrogens with one attached hydrogen (secondary N) is 3. The van der Waals surface area contributed by atoms with E-state index in [0.29, 0.717) is 11.3 Å². The molecular weight excluding hydrogens is 473 g/mol. The minimum atomic E-state index is -4.48. The van der Waals surface area contributed by atoms with Gasteiger partial charge in [0.05, 0.1) is 11.6 Å². The van der Waals surface area contributed by atoms with Crippen LogP contribution in [0.2, 0.25) is 0 Å². The van der Waals surface area contributed by atoms with Crippen molar-refractivity contribution in [1.82, 2.24) is 5.32 Å². The fourth-order valence-corrected chi connectivity index (χ4v) is 3.73. The molecule has 1 heterocycles. The van der Waals surface area contributed by atoms with Gasteiger partial charge in [0.15, 0.2) is 6.20 Å². The summed E-state index contributed by atoms with van der Waals surface area (Å²) in [5, 5.41) is 6.24. The molecule has 0 aliphatic rings. The van der Waals surface area contributed by atoms with Gasteiger partial charge < -0.3 is 27.8 Å². The fraction of sp³-hybridized carbons (Fsp3) is 0.320. The number of fused-ring (bicyclic) bond motifs is 1. The van der Waals surface area contributed by atoms with Crippen LogP contribution in [-0.2, 0) is 22.2 Å². The maximum Gasteiger partial charge on any atom is 0.416 e. The molecular formula is C25H30F3N6O2+. The molecule has 0 aliphatic carbocycles. The molecule has 1 aromatic heterocycles. The monoisotopic (exact) mass is 503 g/mol. The summed E-state index contributed by atoms with van der Waals surface area (Å²) in [5.74, 6) is -1.30. The van der Waals surface area contributed by atoms with Crippen molar-refractivity contribution in [2.75, 3.05) is 18.4 Å². The van der Waals surface area contributed by atoms with E-state index < -0.39 is 35.6 Å². The van der Waals surface area contributed by atoms with E-state index in [1.807, 2.05) is 24.3 Å². The van der Waals surface area contributed by atoms with Gasteiger partial charge in [-0.1, -0.05) is 24.3 Å². The van der Waals surface area contributed by atoms with Crippen LogP contribution in [0.25, 0.3) is 10.9 Å². The molecule has 0 aliphatic heterocycles. The van der Waals surface area contributed by atoms with Gasteiger partial charge in [0.25, 0.3) is 0 Å². The zero-order valence-electron chi connectivity index (χ0n) is 19.5. The number of benzene rings is 2. The third kappa shape index (κ3) is 7.23. The highest BCUT2D eigenvalue weighted by atomic mass is 19.4. The number of amides is 2. The summed E-state index contributed by atoms with van der Waals surface area (Å²) >= 11 is 0. The van der Waals surface area contributed by atoms with Crippen molar-refractivity contribution >= 4 is 28.4 Å². The average molecular weight is 504 g/mol. The predicted molar refractivity (Wildman–Crippen MR) is 130 cm³/mol. The van der Waals surface area contributed by atoms with Crippen molar-refractivity contribution in [3.63, 3.8) is 0 Å². The van der Waals surface area contributed by atoms with E-state index in [4.69, 9.17) is 17.2 Å². The van der Waals surface area contributed by atoms with Gasteiger partial charge in [-0.25, -0.2) is 4.98 Å². The van der Waals surface area contributed by atoms with Crippen LogP contribution in [0.15, 0.2) is 60.8 Å². The lowest BCUT2D eigenvalue weighted by molar-refractivity contribution is -0.343. The Morgan fingerprint density at radius 3 is 2.28 bits per heavy atom. The molecule has 0 radical (unpaired) electrons. The second-order valence-corrected chi connectivity index (χ2v) is 8.60. The Labute approximate surface area is 206 Å². The summed E-state index contributed by atoms with van der Waals surface area (Å²) in [6, 6.07) is 11.6. The molecule has 0 fully saturated rings. The number of hydrogen-bond donors (Lipinski definition) is 5. The van der Waals surface area contributed by atoms with Crippen LogP contribution in [0, 0.1) is 5.92 Å². The highest BCUT2D eigenvalue weighted by molar-refractivity contribution is 5.98. The highest BCUT2D eigenvalue weighted by Gasteiger charge is 2.31. The molecule has 3 aromatic rings. The smallest absolute Gasteiger partial charge is 0.343 e. The van der Waals surface area contributed by atoms with Gasteiger partial charge in [0.1, 0.15) is 11.7 Å². The Kier molecular flexibility index (Phi) is 8.97. The van der Waals surface area contributed by atoms with Gasteiger partial charge in [-0.05, 0) is 55.3 Å². The zero-order valence-corrected chi connectivity index (χ0v) is 19.5. The predicted octanol–water partition coefficient (Wildman–Crippen LogP) is 1.59. The van der Waals surface area contributed by atoms with Crippen molar-refractivity contribution in [2.24, 2.45) is 23.1 Å². The number of aromatic amines is 1. The Balaban J connectivity index is 1.79. The van der Waals surface area contributed by atoms with Crippen molar-refractivity contribution in [3.05, 3.63) is 71.9 Å². The molecule has 0 saturated heterocycles. The quantitative estimate of drug-likeness (QED) is 0.285. The Bertz CT molecular complexity index is 1180. The average Bonchev–Trinajstić information content (AvgIpc) is 2.86. The number of hydrogen-bond acceptors (Lipinski definition) is 5. The minimum absolute atomic E-state index is 0.0447. The van der Waals surface area contributed by atoms with E-state index in [0.717, 1.165) is 23.0 Å². The van der Waals surface area contributed by atoms with Gasteiger partial charge in [-0.3, -0.25) is 9.59 Å². The Morgan fingerprint density at radius 1 is 0.972 bits per heavy atom. The lowest BCUT2D eigenvalue weighted by atomic mass is 9.99. The van der Waals surface area contributed by atoms with Crippen LogP contribution in [0.4, 0.5) is 18.9 Å².